The first-order chi connectivity index (χ1) is 15.1. The molecule has 1 aliphatic rings. The lowest BCUT2D eigenvalue weighted by Crippen LogP contribution is -2.50. The molecule has 1 aromatic carbocycles. The number of halogens is 1. The zero-order chi connectivity index (χ0) is 22.5. The monoisotopic (exact) mass is 560 g/mol. The normalized spacial score (nSPS) is 14.7. The predicted octanol–water partition coefficient (Wildman–Crippen LogP) is 4.06. The Balaban J connectivity index is 0.00000512. The molecule has 1 aromatic rings. The molecule has 32 heavy (non-hydrogen) atoms. The van der Waals surface area contributed by atoms with Gasteiger partial charge in [0, 0.05) is 50.6 Å². The van der Waals surface area contributed by atoms with E-state index in [0.29, 0.717) is 25.1 Å². The summed E-state index contributed by atoms with van der Waals surface area (Å²) in [7, 11) is 1.65. The zero-order valence-corrected chi connectivity index (χ0v) is 22.4. The van der Waals surface area contributed by atoms with E-state index in [1.54, 1.807) is 7.11 Å². The van der Waals surface area contributed by atoms with Crippen molar-refractivity contribution >= 4 is 35.8 Å². The summed E-state index contributed by atoms with van der Waals surface area (Å²) in [5.74, 6) is 2.93. The van der Waals surface area contributed by atoms with Crippen molar-refractivity contribution in [2.45, 2.75) is 58.9 Å². The number of carbonyl (C=O) groups is 1. The van der Waals surface area contributed by atoms with Crippen LogP contribution in [0.1, 0.15) is 52.9 Å². The van der Waals surface area contributed by atoms with Crippen molar-refractivity contribution in [1.82, 2.24) is 15.5 Å². The van der Waals surface area contributed by atoms with Gasteiger partial charge in [-0.2, -0.15) is 0 Å². The Bertz CT molecular complexity index is 690. The number of piperidine rings is 1. The third-order valence-electron chi connectivity index (χ3n) is 5.71. The number of likely N-dealkylation sites (tertiary alicyclic amines) is 1. The standard InChI is InChI=1S/C24H40N4O3.HI/c1-5-19(6-2)23(29)28-15-12-20(13-16-28)27-24(25-7-3)26-14-9-17-31-22-11-8-10-21(18-22)30-4;/h8,10-11,18-20H,5-7,9,12-17H2,1-4H3,(H2,25,26,27);1H. The third kappa shape index (κ3) is 9.42. The Kier molecular flexibility index (Phi) is 14.2. The topological polar surface area (TPSA) is 75.2 Å². The third-order valence-corrected chi connectivity index (χ3v) is 5.71. The van der Waals surface area contributed by atoms with E-state index in [1.807, 2.05) is 29.2 Å². The van der Waals surface area contributed by atoms with Crippen LogP contribution in [0, 0.1) is 5.92 Å². The van der Waals surface area contributed by atoms with E-state index in [0.717, 1.165) is 69.2 Å². The highest BCUT2D eigenvalue weighted by molar-refractivity contribution is 14.0. The number of methoxy groups -OCH3 is 1. The van der Waals surface area contributed by atoms with Crippen molar-refractivity contribution in [3.63, 3.8) is 0 Å². The quantitative estimate of drug-likeness (QED) is 0.185. The number of benzene rings is 1. The summed E-state index contributed by atoms with van der Waals surface area (Å²) in [6.07, 6.45) is 4.58. The van der Waals surface area contributed by atoms with Crippen LogP contribution in [0.3, 0.4) is 0 Å². The molecule has 8 heteroatoms. The van der Waals surface area contributed by atoms with Gasteiger partial charge >= 0.3 is 0 Å². The largest absolute Gasteiger partial charge is 0.497 e. The van der Waals surface area contributed by atoms with E-state index < -0.39 is 0 Å². The molecule has 0 atom stereocenters. The van der Waals surface area contributed by atoms with Gasteiger partial charge in [-0.05, 0) is 44.7 Å². The Morgan fingerprint density at radius 1 is 1.19 bits per heavy atom. The van der Waals surface area contributed by atoms with Gasteiger partial charge in [-0.1, -0.05) is 19.9 Å². The van der Waals surface area contributed by atoms with Crippen LogP contribution in [0.15, 0.2) is 29.3 Å². The molecule has 0 aliphatic carbocycles. The SMILES string of the molecule is CCNC(=NCCCOc1cccc(OC)c1)NC1CCN(C(=O)C(CC)CC)CC1.I. The number of hydrogen-bond donors (Lipinski definition) is 2. The van der Waals surface area contributed by atoms with Crippen molar-refractivity contribution < 1.29 is 14.3 Å². The summed E-state index contributed by atoms with van der Waals surface area (Å²) in [6.45, 7) is 10.0. The molecule has 1 heterocycles. The number of rotatable bonds is 11. The molecule has 0 radical (unpaired) electrons. The molecule has 0 saturated carbocycles. The van der Waals surface area contributed by atoms with Gasteiger partial charge in [-0.15, -0.1) is 24.0 Å². The van der Waals surface area contributed by atoms with Crippen LogP contribution < -0.4 is 20.1 Å². The van der Waals surface area contributed by atoms with Crippen LogP contribution in [0.25, 0.3) is 0 Å². The number of carbonyl (C=O) groups excluding carboxylic acids is 1. The molecular formula is C24H41IN4O3. The highest BCUT2D eigenvalue weighted by Crippen LogP contribution is 2.19. The lowest BCUT2D eigenvalue weighted by atomic mass is 9.98. The van der Waals surface area contributed by atoms with Gasteiger partial charge in [0.25, 0.3) is 0 Å². The van der Waals surface area contributed by atoms with Crippen LogP contribution in [-0.2, 0) is 4.79 Å². The summed E-state index contributed by atoms with van der Waals surface area (Å²) < 4.78 is 11.0. The van der Waals surface area contributed by atoms with Gasteiger partial charge in [0.05, 0.1) is 13.7 Å². The molecule has 2 rings (SSSR count). The van der Waals surface area contributed by atoms with E-state index in [4.69, 9.17) is 14.5 Å². The van der Waals surface area contributed by atoms with E-state index >= 15 is 0 Å². The molecular weight excluding hydrogens is 519 g/mol. The minimum absolute atomic E-state index is 0. The van der Waals surface area contributed by atoms with Crippen LogP contribution in [0.2, 0.25) is 0 Å². The van der Waals surface area contributed by atoms with Gasteiger partial charge in [0.2, 0.25) is 5.91 Å². The first-order valence-corrected chi connectivity index (χ1v) is 11.7. The maximum absolute atomic E-state index is 12.6. The molecule has 1 saturated heterocycles. The summed E-state index contributed by atoms with van der Waals surface area (Å²) in [5.41, 5.74) is 0. The Morgan fingerprint density at radius 2 is 1.88 bits per heavy atom. The summed E-state index contributed by atoms with van der Waals surface area (Å²) in [6, 6.07) is 7.98. The molecule has 1 aliphatic heterocycles. The van der Waals surface area contributed by atoms with Gasteiger partial charge < -0.3 is 25.0 Å². The fourth-order valence-electron chi connectivity index (χ4n) is 3.79. The number of hydrogen-bond acceptors (Lipinski definition) is 4. The number of aliphatic imine (C=N–C) groups is 1. The lowest BCUT2D eigenvalue weighted by Gasteiger charge is -2.34. The second-order valence-corrected chi connectivity index (χ2v) is 7.90. The van der Waals surface area contributed by atoms with Crippen LogP contribution in [0.5, 0.6) is 11.5 Å². The average Bonchev–Trinajstić information content (AvgIpc) is 2.80. The number of nitrogens with one attached hydrogen (secondary N) is 2. The highest BCUT2D eigenvalue weighted by atomic mass is 127. The van der Waals surface area contributed by atoms with E-state index in [1.165, 1.54) is 0 Å². The van der Waals surface area contributed by atoms with Crippen molar-refractivity contribution in [3.05, 3.63) is 24.3 Å². The summed E-state index contributed by atoms with van der Waals surface area (Å²) in [5, 5.41) is 6.87. The number of ether oxygens (including phenoxy) is 2. The number of guanidine groups is 1. The van der Waals surface area contributed by atoms with Crippen LogP contribution in [0.4, 0.5) is 0 Å². The van der Waals surface area contributed by atoms with Gasteiger partial charge in [0.1, 0.15) is 11.5 Å². The molecule has 1 amide bonds. The van der Waals surface area contributed by atoms with Crippen LogP contribution >= 0.6 is 24.0 Å². The highest BCUT2D eigenvalue weighted by Gasteiger charge is 2.26. The first kappa shape index (κ1) is 28.3. The van der Waals surface area contributed by atoms with Crippen molar-refractivity contribution in [1.29, 1.82) is 0 Å². The van der Waals surface area contributed by atoms with E-state index in [9.17, 15) is 4.79 Å². The fourth-order valence-corrected chi connectivity index (χ4v) is 3.79. The smallest absolute Gasteiger partial charge is 0.225 e. The molecule has 182 valence electrons. The molecule has 0 spiro atoms. The second-order valence-electron chi connectivity index (χ2n) is 7.90. The summed E-state index contributed by atoms with van der Waals surface area (Å²) in [4.78, 5) is 19.3. The van der Waals surface area contributed by atoms with Crippen LogP contribution in [-0.4, -0.2) is 62.7 Å². The molecule has 2 N–H and O–H groups in total. The van der Waals surface area contributed by atoms with Crippen molar-refractivity contribution in [3.8, 4) is 11.5 Å². The predicted molar refractivity (Wildman–Crippen MR) is 141 cm³/mol. The molecule has 0 bridgehead atoms. The second kappa shape index (κ2) is 16.0. The van der Waals surface area contributed by atoms with Gasteiger partial charge in [0.15, 0.2) is 5.96 Å². The molecule has 0 aromatic heterocycles. The van der Waals surface area contributed by atoms with Crippen molar-refractivity contribution in [2.75, 3.05) is 39.9 Å². The Morgan fingerprint density at radius 3 is 2.50 bits per heavy atom. The van der Waals surface area contributed by atoms with E-state index in [2.05, 4.69) is 31.4 Å². The average molecular weight is 561 g/mol. The molecule has 0 unspecified atom stereocenters. The Hall–Kier alpha value is -1.71. The molecule has 1 fully saturated rings. The number of amides is 1. The first-order valence-electron chi connectivity index (χ1n) is 11.7. The minimum Gasteiger partial charge on any atom is -0.497 e. The maximum atomic E-state index is 12.6. The minimum atomic E-state index is 0. The lowest BCUT2D eigenvalue weighted by molar-refractivity contribution is -0.136. The van der Waals surface area contributed by atoms with E-state index in [-0.39, 0.29) is 29.9 Å². The number of nitrogens with zero attached hydrogens (tertiary/aromatic N) is 2. The zero-order valence-electron chi connectivity index (χ0n) is 20.1. The van der Waals surface area contributed by atoms with Gasteiger partial charge in [-0.3, -0.25) is 9.79 Å². The Labute approximate surface area is 210 Å². The van der Waals surface area contributed by atoms with Crippen molar-refractivity contribution in [2.24, 2.45) is 10.9 Å². The summed E-state index contributed by atoms with van der Waals surface area (Å²) >= 11 is 0. The maximum Gasteiger partial charge on any atom is 0.225 e. The van der Waals surface area contributed by atoms with Gasteiger partial charge in [-0.25, -0.2) is 0 Å². The molecule has 7 nitrogen and oxygen atoms in total. The fraction of sp³-hybridized carbons (Fsp3) is 0.667.